The summed E-state index contributed by atoms with van der Waals surface area (Å²) in [5, 5.41) is 8.77. The Bertz CT molecular complexity index is 310. The number of aliphatic carboxylic acids is 1. The topological polar surface area (TPSA) is 86.9 Å². The number of hydrogen-bond donors (Lipinski definition) is 2. The lowest BCUT2D eigenvalue weighted by Crippen LogP contribution is -2.36. The van der Waals surface area contributed by atoms with E-state index in [2.05, 4.69) is 0 Å². The van der Waals surface area contributed by atoms with Crippen LogP contribution in [-0.4, -0.2) is 66.1 Å². The van der Waals surface area contributed by atoms with Gasteiger partial charge in [-0.05, 0) is 25.3 Å². The van der Waals surface area contributed by atoms with Crippen molar-refractivity contribution in [2.75, 3.05) is 39.3 Å². The first-order valence-electron chi connectivity index (χ1n) is 6.95. The molecule has 0 spiro atoms. The Kier molecular flexibility index (Phi) is 6.80. The van der Waals surface area contributed by atoms with E-state index in [0.29, 0.717) is 32.0 Å². The maximum absolute atomic E-state index is 12.1. The molecule has 6 nitrogen and oxygen atoms in total. The number of carboxylic acids is 1. The Morgan fingerprint density at radius 3 is 2.63 bits per heavy atom. The third-order valence-electron chi connectivity index (χ3n) is 3.55. The summed E-state index contributed by atoms with van der Waals surface area (Å²) in [6.07, 6.45) is 2.20. The van der Waals surface area contributed by atoms with Gasteiger partial charge in [-0.2, -0.15) is 0 Å². The standard InChI is InChI=1S/C13H25N3O3/c1-11(9-14)3-4-12(17)16-6-2-5-15(7-8-16)10-13(18)19/h11H,2-10,14H2,1H3,(H,18,19). The molecule has 1 unspecified atom stereocenters. The van der Waals surface area contributed by atoms with Gasteiger partial charge in [-0.1, -0.05) is 6.92 Å². The number of nitrogens with two attached hydrogens (primary N) is 1. The van der Waals surface area contributed by atoms with Crippen LogP contribution in [0.25, 0.3) is 0 Å². The Morgan fingerprint density at radius 1 is 1.26 bits per heavy atom. The predicted octanol–water partition coefficient (Wildman–Crippen LogP) is -0.0197. The summed E-state index contributed by atoms with van der Waals surface area (Å²) in [4.78, 5) is 26.5. The summed E-state index contributed by atoms with van der Waals surface area (Å²) in [7, 11) is 0. The Morgan fingerprint density at radius 2 is 2.00 bits per heavy atom. The highest BCUT2D eigenvalue weighted by Gasteiger charge is 2.20. The van der Waals surface area contributed by atoms with Crippen molar-refractivity contribution in [3.05, 3.63) is 0 Å². The van der Waals surface area contributed by atoms with Crippen LogP contribution < -0.4 is 5.73 Å². The van der Waals surface area contributed by atoms with Gasteiger partial charge in [0, 0.05) is 32.6 Å². The van der Waals surface area contributed by atoms with E-state index in [-0.39, 0.29) is 12.5 Å². The average molecular weight is 271 g/mol. The minimum atomic E-state index is -0.809. The van der Waals surface area contributed by atoms with Crippen LogP contribution in [0, 0.1) is 5.92 Å². The summed E-state index contributed by atoms with van der Waals surface area (Å²) in [6, 6.07) is 0. The van der Waals surface area contributed by atoms with Gasteiger partial charge in [-0.15, -0.1) is 0 Å². The molecular weight excluding hydrogens is 246 g/mol. The van der Waals surface area contributed by atoms with E-state index in [1.54, 1.807) is 0 Å². The van der Waals surface area contributed by atoms with Gasteiger partial charge in [0.15, 0.2) is 0 Å². The molecule has 0 bridgehead atoms. The molecule has 0 aromatic carbocycles. The van der Waals surface area contributed by atoms with Crippen LogP contribution in [0.1, 0.15) is 26.2 Å². The molecule has 0 saturated carbocycles. The Balaban J connectivity index is 2.35. The average Bonchev–Trinajstić information content (AvgIpc) is 2.60. The van der Waals surface area contributed by atoms with Crippen LogP contribution in [0.2, 0.25) is 0 Å². The molecule has 1 fully saturated rings. The van der Waals surface area contributed by atoms with E-state index >= 15 is 0 Å². The molecule has 110 valence electrons. The number of amides is 1. The van der Waals surface area contributed by atoms with Crippen molar-refractivity contribution in [2.45, 2.75) is 26.2 Å². The van der Waals surface area contributed by atoms with Gasteiger partial charge >= 0.3 is 5.97 Å². The third-order valence-corrected chi connectivity index (χ3v) is 3.55. The summed E-state index contributed by atoms with van der Waals surface area (Å²) in [5.41, 5.74) is 5.54. The van der Waals surface area contributed by atoms with E-state index in [1.165, 1.54) is 0 Å². The van der Waals surface area contributed by atoms with Crippen LogP contribution >= 0.6 is 0 Å². The van der Waals surface area contributed by atoms with Crippen LogP contribution in [-0.2, 0) is 9.59 Å². The Hall–Kier alpha value is -1.14. The molecule has 1 rings (SSSR count). The molecule has 1 saturated heterocycles. The largest absolute Gasteiger partial charge is 0.480 e. The lowest BCUT2D eigenvalue weighted by atomic mass is 10.1. The molecule has 0 aromatic heterocycles. The van der Waals surface area contributed by atoms with Crippen LogP contribution in [0.3, 0.4) is 0 Å². The van der Waals surface area contributed by atoms with Crippen LogP contribution in [0.5, 0.6) is 0 Å². The van der Waals surface area contributed by atoms with Crippen LogP contribution in [0.4, 0.5) is 0 Å². The summed E-state index contributed by atoms with van der Waals surface area (Å²) < 4.78 is 0. The lowest BCUT2D eigenvalue weighted by Gasteiger charge is -2.21. The zero-order valence-electron chi connectivity index (χ0n) is 11.7. The van der Waals surface area contributed by atoms with Gasteiger partial charge in [0.2, 0.25) is 5.91 Å². The molecule has 0 aromatic rings. The number of hydrogen-bond acceptors (Lipinski definition) is 4. The monoisotopic (exact) mass is 271 g/mol. The molecule has 19 heavy (non-hydrogen) atoms. The maximum atomic E-state index is 12.1. The van der Waals surface area contributed by atoms with Gasteiger partial charge in [0.25, 0.3) is 0 Å². The molecule has 0 aliphatic carbocycles. The molecule has 1 aliphatic rings. The van der Waals surface area contributed by atoms with Crippen molar-refractivity contribution < 1.29 is 14.7 Å². The van der Waals surface area contributed by atoms with E-state index in [0.717, 1.165) is 25.9 Å². The first-order valence-corrected chi connectivity index (χ1v) is 6.95. The first-order chi connectivity index (χ1) is 9.02. The van der Waals surface area contributed by atoms with Crippen molar-refractivity contribution in [1.82, 2.24) is 9.80 Å². The lowest BCUT2D eigenvalue weighted by molar-refractivity contribution is -0.138. The van der Waals surface area contributed by atoms with Gasteiger partial charge in [0.05, 0.1) is 6.54 Å². The zero-order chi connectivity index (χ0) is 14.3. The normalized spacial score (nSPS) is 18.9. The molecule has 6 heteroatoms. The predicted molar refractivity (Wildman–Crippen MR) is 72.7 cm³/mol. The van der Waals surface area contributed by atoms with E-state index in [9.17, 15) is 9.59 Å². The summed E-state index contributed by atoms with van der Waals surface area (Å²) in [5.74, 6) is -0.270. The van der Waals surface area contributed by atoms with Gasteiger partial charge in [-0.25, -0.2) is 0 Å². The molecule has 1 aliphatic heterocycles. The van der Waals surface area contributed by atoms with E-state index in [4.69, 9.17) is 10.8 Å². The SMILES string of the molecule is CC(CN)CCC(=O)N1CCCN(CC(=O)O)CC1. The first kappa shape index (κ1) is 15.9. The second-order valence-electron chi connectivity index (χ2n) is 5.28. The second-order valence-corrected chi connectivity index (χ2v) is 5.28. The van der Waals surface area contributed by atoms with Crippen molar-refractivity contribution >= 4 is 11.9 Å². The highest BCUT2D eigenvalue weighted by molar-refractivity contribution is 5.76. The highest BCUT2D eigenvalue weighted by Crippen LogP contribution is 2.09. The number of carbonyl (C=O) groups excluding carboxylic acids is 1. The fourth-order valence-corrected chi connectivity index (χ4v) is 2.22. The smallest absolute Gasteiger partial charge is 0.317 e. The quantitative estimate of drug-likeness (QED) is 0.709. The molecule has 0 radical (unpaired) electrons. The van der Waals surface area contributed by atoms with Crippen LogP contribution in [0.15, 0.2) is 0 Å². The third kappa shape index (κ3) is 6.02. The van der Waals surface area contributed by atoms with E-state index < -0.39 is 5.97 Å². The summed E-state index contributed by atoms with van der Waals surface area (Å²) >= 11 is 0. The second kappa shape index (κ2) is 8.12. The maximum Gasteiger partial charge on any atom is 0.317 e. The fraction of sp³-hybridized carbons (Fsp3) is 0.846. The number of rotatable bonds is 6. The van der Waals surface area contributed by atoms with Crippen molar-refractivity contribution in [3.63, 3.8) is 0 Å². The molecule has 1 amide bonds. The van der Waals surface area contributed by atoms with Gasteiger partial charge < -0.3 is 15.7 Å². The molecule has 1 atom stereocenters. The van der Waals surface area contributed by atoms with Gasteiger partial charge in [-0.3, -0.25) is 14.5 Å². The van der Waals surface area contributed by atoms with Crippen molar-refractivity contribution in [2.24, 2.45) is 11.7 Å². The number of carbonyl (C=O) groups is 2. The molecule has 3 N–H and O–H groups in total. The molecular formula is C13H25N3O3. The number of carboxylic acid groups (broad SMARTS) is 1. The van der Waals surface area contributed by atoms with Crippen molar-refractivity contribution in [1.29, 1.82) is 0 Å². The summed E-state index contributed by atoms with van der Waals surface area (Å²) in [6.45, 7) is 5.46. The van der Waals surface area contributed by atoms with E-state index in [1.807, 2.05) is 16.7 Å². The minimum absolute atomic E-state index is 0.0617. The fourth-order valence-electron chi connectivity index (χ4n) is 2.22. The minimum Gasteiger partial charge on any atom is -0.480 e. The molecule has 1 heterocycles. The van der Waals surface area contributed by atoms with Gasteiger partial charge in [0.1, 0.15) is 0 Å². The number of nitrogens with zero attached hydrogens (tertiary/aromatic N) is 2. The highest BCUT2D eigenvalue weighted by atomic mass is 16.4. The Labute approximate surface area is 114 Å². The zero-order valence-corrected chi connectivity index (χ0v) is 11.7. The van der Waals surface area contributed by atoms with Crippen molar-refractivity contribution in [3.8, 4) is 0 Å².